The van der Waals surface area contributed by atoms with Crippen molar-refractivity contribution < 1.29 is 8.42 Å². The van der Waals surface area contributed by atoms with Crippen LogP contribution in [0.4, 0.5) is 5.69 Å². The lowest BCUT2D eigenvalue weighted by molar-refractivity contribution is 0.567. The quantitative estimate of drug-likeness (QED) is 0.844. The van der Waals surface area contributed by atoms with Gasteiger partial charge >= 0.3 is 0 Å². The van der Waals surface area contributed by atoms with Crippen molar-refractivity contribution in [3.8, 4) is 0 Å². The summed E-state index contributed by atoms with van der Waals surface area (Å²) in [6.45, 7) is 3.56. The predicted molar refractivity (Wildman–Crippen MR) is 83.7 cm³/mol. The molecule has 0 aliphatic heterocycles. The van der Waals surface area contributed by atoms with E-state index in [1.807, 2.05) is 16.8 Å². The molecule has 3 N–H and O–H groups in total. The van der Waals surface area contributed by atoms with Gasteiger partial charge in [0.15, 0.2) is 0 Å². The van der Waals surface area contributed by atoms with E-state index in [4.69, 9.17) is 17.3 Å². The summed E-state index contributed by atoms with van der Waals surface area (Å²) in [5, 5.41) is 3.97. The third kappa shape index (κ3) is 3.15. The second-order valence-electron chi connectivity index (χ2n) is 4.54. The van der Waals surface area contributed by atoms with E-state index >= 15 is 0 Å². The highest BCUT2D eigenvalue weighted by Gasteiger charge is 2.22. The van der Waals surface area contributed by atoms with Crippen LogP contribution in [0.2, 0.25) is 5.02 Å². The van der Waals surface area contributed by atoms with Crippen LogP contribution in [0, 0.1) is 6.92 Å². The molecule has 1 heterocycles. The molecule has 2 rings (SSSR count). The monoisotopic (exact) mass is 330 g/mol. The summed E-state index contributed by atoms with van der Waals surface area (Å²) in [5.41, 5.74) is 7.82. The number of halogens is 1. The smallest absolute Gasteiger partial charge is 0.242 e. The number of nitrogens with one attached hydrogen (secondary N) is 1. The number of hydrogen-bond acceptors (Lipinski definition) is 4. The van der Waals surface area contributed by atoms with Crippen molar-refractivity contribution in [3.63, 3.8) is 0 Å². The second-order valence-corrected chi connectivity index (χ2v) is 7.41. The molecule has 1 aromatic heterocycles. The van der Waals surface area contributed by atoms with Crippen molar-refractivity contribution in [1.29, 1.82) is 0 Å². The van der Waals surface area contributed by atoms with Crippen molar-refractivity contribution in [2.75, 3.05) is 5.73 Å². The highest BCUT2D eigenvalue weighted by Crippen LogP contribution is 2.28. The van der Waals surface area contributed by atoms with E-state index in [1.165, 1.54) is 17.4 Å². The number of sulfonamides is 1. The molecule has 1 aromatic carbocycles. The Balaban J connectivity index is 2.34. The molecule has 0 aliphatic carbocycles. The van der Waals surface area contributed by atoms with Gasteiger partial charge in [0, 0.05) is 11.7 Å². The summed E-state index contributed by atoms with van der Waals surface area (Å²) in [5.74, 6) is 0. The average molecular weight is 331 g/mol. The van der Waals surface area contributed by atoms with E-state index in [0.717, 1.165) is 11.1 Å². The van der Waals surface area contributed by atoms with Gasteiger partial charge in [0.05, 0.1) is 5.02 Å². The van der Waals surface area contributed by atoms with Crippen LogP contribution in [0.3, 0.4) is 0 Å². The molecule has 108 valence electrons. The maximum atomic E-state index is 12.4. The third-order valence-electron chi connectivity index (χ3n) is 2.99. The summed E-state index contributed by atoms with van der Waals surface area (Å²) < 4.78 is 27.4. The number of nitrogens with two attached hydrogens (primary N) is 1. The molecule has 0 amide bonds. The van der Waals surface area contributed by atoms with Gasteiger partial charge in [-0.2, -0.15) is 11.3 Å². The largest absolute Gasteiger partial charge is 0.398 e. The Hall–Kier alpha value is -1.08. The lowest BCUT2D eigenvalue weighted by Gasteiger charge is -2.15. The first kappa shape index (κ1) is 15.3. The number of hydrogen-bond donors (Lipinski definition) is 2. The number of anilines is 1. The SMILES string of the molecule is Cc1cc(Cl)c(S(=O)(=O)NC(C)c2ccsc2)cc1N. The van der Waals surface area contributed by atoms with Gasteiger partial charge < -0.3 is 5.73 Å². The minimum atomic E-state index is -3.71. The van der Waals surface area contributed by atoms with E-state index < -0.39 is 10.0 Å². The maximum absolute atomic E-state index is 12.4. The van der Waals surface area contributed by atoms with Crippen LogP contribution in [0.25, 0.3) is 0 Å². The molecular formula is C13H15ClN2O2S2. The van der Waals surface area contributed by atoms with Gasteiger partial charge in [-0.1, -0.05) is 11.6 Å². The molecule has 0 bridgehead atoms. The number of nitrogen functional groups attached to an aromatic ring is 1. The average Bonchev–Trinajstić information content (AvgIpc) is 2.86. The predicted octanol–water partition coefficient (Wildman–Crippen LogP) is 3.33. The molecule has 0 aliphatic rings. The van der Waals surface area contributed by atoms with Crippen molar-refractivity contribution in [3.05, 3.63) is 45.1 Å². The lowest BCUT2D eigenvalue weighted by Crippen LogP contribution is -2.27. The number of benzene rings is 1. The molecule has 4 nitrogen and oxygen atoms in total. The van der Waals surface area contributed by atoms with E-state index in [1.54, 1.807) is 19.9 Å². The van der Waals surface area contributed by atoms with Crippen molar-refractivity contribution >= 4 is 38.6 Å². The highest BCUT2D eigenvalue weighted by atomic mass is 35.5. The third-order valence-corrected chi connectivity index (χ3v) is 5.69. The van der Waals surface area contributed by atoms with Crippen molar-refractivity contribution in [1.82, 2.24) is 4.72 Å². The van der Waals surface area contributed by atoms with E-state index in [0.29, 0.717) is 5.69 Å². The molecular weight excluding hydrogens is 316 g/mol. The summed E-state index contributed by atoms with van der Waals surface area (Å²) in [6, 6.07) is 4.49. The molecule has 1 atom stereocenters. The Kier molecular flexibility index (Phi) is 4.39. The number of thiophene rings is 1. The molecule has 0 saturated carbocycles. The van der Waals surface area contributed by atoms with Crippen LogP contribution in [-0.2, 0) is 10.0 Å². The van der Waals surface area contributed by atoms with Gasteiger partial charge in [-0.15, -0.1) is 0 Å². The minimum absolute atomic E-state index is 0.00402. The normalized spacial score (nSPS) is 13.3. The van der Waals surface area contributed by atoms with Gasteiger partial charge in [-0.25, -0.2) is 13.1 Å². The van der Waals surface area contributed by atoms with E-state index in [2.05, 4.69) is 4.72 Å². The van der Waals surface area contributed by atoms with Crippen LogP contribution in [0.1, 0.15) is 24.1 Å². The molecule has 0 fully saturated rings. The zero-order chi connectivity index (χ0) is 14.9. The van der Waals surface area contributed by atoms with Crippen LogP contribution >= 0.6 is 22.9 Å². The summed E-state index contributed by atoms with van der Waals surface area (Å²) in [7, 11) is -3.71. The molecule has 7 heteroatoms. The fourth-order valence-electron chi connectivity index (χ4n) is 1.76. The van der Waals surface area contributed by atoms with E-state index in [9.17, 15) is 8.42 Å². The topological polar surface area (TPSA) is 72.2 Å². The Bertz CT molecular complexity index is 712. The molecule has 2 aromatic rings. The van der Waals surface area contributed by atoms with Crippen LogP contribution < -0.4 is 10.5 Å². The molecule has 20 heavy (non-hydrogen) atoms. The molecule has 0 saturated heterocycles. The van der Waals surface area contributed by atoms with Gasteiger partial charge in [-0.3, -0.25) is 0 Å². The Labute approximate surface area is 127 Å². The van der Waals surface area contributed by atoms with Gasteiger partial charge in [0.25, 0.3) is 0 Å². The van der Waals surface area contributed by atoms with Crippen molar-refractivity contribution in [2.45, 2.75) is 24.8 Å². The first-order valence-electron chi connectivity index (χ1n) is 5.91. The van der Waals surface area contributed by atoms with Gasteiger partial charge in [0.1, 0.15) is 4.90 Å². The van der Waals surface area contributed by atoms with Crippen LogP contribution in [-0.4, -0.2) is 8.42 Å². The Morgan fingerprint density at radius 1 is 1.40 bits per heavy atom. The summed E-state index contributed by atoms with van der Waals surface area (Å²) in [6.07, 6.45) is 0. The highest BCUT2D eigenvalue weighted by molar-refractivity contribution is 7.89. The van der Waals surface area contributed by atoms with Crippen LogP contribution in [0.5, 0.6) is 0 Å². The summed E-state index contributed by atoms with van der Waals surface area (Å²) in [4.78, 5) is 0.00402. The van der Waals surface area contributed by atoms with Crippen molar-refractivity contribution in [2.24, 2.45) is 0 Å². The maximum Gasteiger partial charge on any atom is 0.242 e. The Morgan fingerprint density at radius 3 is 2.70 bits per heavy atom. The fraction of sp³-hybridized carbons (Fsp3) is 0.231. The molecule has 0 radical (unpaired) electrons. The van der Waals surface area contributed by atoms with E-state index in [-0.39, 0.29) is 16.0 Å². The zero-order valence-electron chi connectivity index (χ0n) is 11.1. The summed E-state index contributed by atoms with van der Waals surface area (Å²) >= 11 is 7.54. The minimum Gasteiger partial charge on any atom is -0.398 e. The first-order valence-corrected chi connectivity index (χ1v) is 8.71. The fourth-order valence-corrected chi connectivity index (χ4v) is 4.36. The van der Waals surface area contributed by atoms with Gasteiger partial charge in [-0.05, 0) is 53.9 Å². The Morgan fingerprint density at radius 2 is 2.10 bits per heavy atom. The molecule has 1 unspecified atom stereocenters. The standard InChI is InChI=1S/C13H15ClN2O2S2/c1-8-5-11(14)13(6-12(8)15)20(17,18)16-9(2)10-3-4-19-7-10/h3-7,9,16H,15H2,1-2H3. The van der Waals surface area contributed by atoms with Crippen LogP contribution in [0.15, 0.2) is 33.9 Å². The number of aryl methyl sites for hydroxylation is 1. The molecule has 0 spiro atoms. The number of rotatable bonds is 4. The zero-order valence-corrected chi connectivity index (χ0v) is 13.4. The van der Waals surface area contributed by atoms with Gasteiger partial charge in [0.2, 0.25) is 10.0 Å². The second kappa shape index (κ2) is 5.73. The lowest BCUT2D eigenvalue weighted by atomic mass is 10.2. The first-order chi connectivity index (χ1) is 9.31.